The Morgan fingerprint density at radius 2 is 1.65 bits per heavy atom. The quantitative estimate of drug-likeness (QED) is 0.630. The van der Waals surface area contributed by atoms with Crippen molar-refractivity contribution >= 4 is 0 Å². The summed E-state index contributed by atoms with van der Waals surface area (Å²) >= 11 is 0. The van der Waals surface area contributed by atoms with Crippen LogP contribution in [0.25, 0.3) is 11.1 Å². The summed E-state index contributed by atoms with van der Waals surface area (Å²) in [6, 6.07) is 6.35. The van der Waals surface area contributed by atoms with Gasteiger partial charge in [0, 0.05) is 11.3 Å². The van der Waals surface area contributed by atoms with Gasteiger partial charge in [-0.2, -0.15) is 0 Å². The van der Waals surface area contributed by atoms with E-state index >= 15 is 0 Å². The van der Waals surface area contributed by atoms with Crippen molar-refractivity contribution in [3.05, 3.63) is 52.6 Å². The van der Waals surface area contributed by atoms with Crippen LogP contribution in [0.3, 0.4) is 0 Å². The number of hydrogen-bond acceptors (Lipinski definition) is 3. The lowest BCUT2D eigenvalue weighted by molar-refractivity contribution is 0.192. The van der Waals surface area contributed by atoms with E-state index in [1.165, 1.54) is 12.1 Å². The van der Waals surface area contributed by atoms with Crippen LogP contribution in [0.15, 0.2) is 24.3 Å². The smallest absolute Gasteiger partial charge is 0.123 e. The molecule has 2 N–H and O–H groups in total. The normalized spacial score (nSPS) is 12.6. The number of benzene rings is 1. The third kappa shape index (κ3) is 4.49. The first kappa shape index (κ1) is 20.5. The minimum Gasteiger partial charge on any atom is -0.392 e. The maximum absolute atomic E-state index is 13.4. The molecule has 0 amide bonds. The highest BCUT2D eigenvalue weighted by atomic mass is 19.1. The van der Waals surface area contributed by atoms with Crippen molar-refractivity contribution in [1.82, 2.24) is 4.98 Å². The van der Waals surface area contributed by atoms with Crippen molar-refractivity contribution in [2.45, 2.75) is 72.0 Å². The van der Waals surface area contributed by atoms with Crippen LogP contribution < -0.4 is 0 Å². The molecule has 0 aliphatic rings. The average Bonchev–Trinajstić information content (AvgIpc) is 2.61. The Kier molecular flexibility index (Phi) is 7.30. The van der Waals surface area contributed by atoms with Gasteiger partial charge in [0.2, 0.25) is 0 Å². The lowest BCUT2D eigenvalue weighted by Crippen LogP contribution is -2.13. The Morgan fingerprint density at radius 1 is 1.00 bits per heavy atom. The molecule has 0 saturated carbocycles. The van der Waals surface area contributed by atoms with Gasteiger partial charge in [-0.1, -0.05) is 45.7 Å². The van der Waals surface area contributed by atoms with Gasteiger partial charge in [0.1, 0.15) is 5.82 Å². The zero-order valence-electron chi connectivity index (χ0n) is 16.2. The molecule has 1 atom stereocenters. The van der Waals surface area contributed by atoms with Crippen molar-refractivity contribution in [1.29, 1.82) is 0 Å². The second-order valence-electron chi connectivity index (χ2n) is 7.17. The number of rotatable bonds is 8. The number of hydrogen-bond donors (Lipinski definition) is 2. The summed E-state index contributed by atoms with van der Waals surface area (Å²) in [5, 5.41) is 20.5. The van der Waals surface area contributed by atoms with Crippen molar-refractivity contribution in [2.24, 2.45) is 0 Å². The molecule has 3 nitrogen and oxygen atoms in total. The van der Waals surface area contributed by atoms with E-state index in [0.717, 1.165) is 53.6 Å². The summed E-state index contributed by atoms with van der Waals surface area (Å²) in [7, 11) is 0. The van der Waals surface area contributed by atoms with E-state index in [1.807, 2.05) is 13.8 Å². The highest BCUT2D eigenvalue weighted by Crippen LogP contribution is 2.37. The maximum Gasteiger partial charge on any atom is 0.123 e. The van der Waals surface area contributed by atoms with Crippen LogP contribution in [0.2, 0.25) is 0 Å². The Bertz CT molecular complexity index is 724. The van der Waals surface area contributed by atoms with E-state index in [1.54, 1.807) is 19.1 Å². The van der Waals surface area contributed by atoms with Crippen LogP contribution in [-0.2, 0) is 13.0 Å². The number of aliphatic hydroxyl groups is 2. The predicted octanol–water partition coefficient (Wildman–Crippen LogP) is 5.29. The van der Waals surface area contributed by atoms with E-state index < -0.39 is 6.10 Å². The first-order valence-corrected chi connectivity index (χ1v) is 9.51. The molecule has 0 radical (unpaired) electrons. The van der Waals surface area contributed by atoms with Gasteiger partial charge in [-0.05, 0) is 54.5 Å². The van der Waals surface area contributed by atoms with Crippen molar-refractivity contribution in [3.8, 4) is 11.1 Å². The summed E-state index contributed by atoms with van der Waals surface area (Å²) in [6.07, 6.45) is 3.25. The fourth-order valence-electron chi connectivity index (χ4n) is 3.46. The summed E-state index contributed by atoms with van der Waals surface area (Å²) in [5.41, 5.74) is 4.96. The summed E-state index contributed by atoms with van der Waals surface area (Å²) in [6.45, 7) is 7.80. The van der Waals surface area contributed by atoms with Crippen LogP contribution in [0.4, 0.5) is 4.39 Å². The van der Waals surface area contributed by atoms with E-state index in [2.05, 4.69) is 6.92 Å². The molecule has 1 unspecified atom stereocenters. The van der Waals surface area contributed by atoms with Gasteiger partial charge in [0.15, 0.2) is 0 Å². The highest BCUT2D eigenvalue weighted by Gasteiger charge is 2.23. The van der Waals surface area contributed by atoms with Crippen molar-refractivity contribution < 1.29 is 14.6 Å². The Labute approximate surface area is 155 Å². The van der Waals surface area contributed by atoms with E-state index in [0.29, 0.717) is 5.69 Å². The summed E-state index contributed by atoms with van der Waals surface area (Å²) in [5.74, 6) is -0.181. The molecule has 26 heavy (non-hydrogen) atoms. The Morgan fingerprint density at radius 3 is 2.15 bits per heavy atom. The first-order valence-electron chi connectivity index (χ1n) is 9.51. The first-order chi connectivity index (χ1) is 12.4. The minimum atomic E-state index is -0.698. The number of halogens is 1. The third-order valence-electron chi connectivity index (χ3n) is 4.73. The Hall–Kier alpha value is -1.78. The molecule has 2 rings (SSSR count). The topological polar surface area (TPSA) is 53.4 Å². The predicted molar refractivity (Wildman–Crippen MR) is 104 cm³/mol. The van der Waals surface area contributed by atoms with Crippen LogP contribution in [0.1, 0.15) is 81.5 Å². The molecule has 0 aliphatic carbocycles. The SMILES string of the molecule is CCCCCc1c(C(C)O)nc(C(C)C)c(CO)c1-c1ccc(F)cc1. The number of unbranched alkanes of at least 4 members (excludes halogenated alkanes) is 2. The molecule has 0 aliphatic heterocycles. The second-order valence-corrected chi connectivity index (χ2v) is 7.17. The molecule has 1 heterocycles. The van der Waals surface area contributed by atoms with Gasteiger partial charge >= 0.3 is 0 Å². The molecule has 0 bridgehead atoms. The number of nitrogens with zero attached hydrogens (tertiary/aromatic N) is 1. The van der Waals surface area contributed by atoms with E-state index in [-0.39, 0.29) is 18.3 Å². The van der Waals surface area contributed by atoms with Gasteiger partial charge < -0.3 is 10.2 Å². The average molecular weight is 359 g/mol. The number of aliphatic hydroxyl groups excluding tert-OH is 2. The van der Waals surface area contributed by atoms with Gasteiger partial charge in [-0.25, -0.2) is 4.39 Å². The zero-order valence-corrected chi connectivity index (χ0v) is 16.2. The van der Waals surface area contributed by atoms with Gasteiger partial charge in [0.05, 0.1) is 18.4 Å². The molecule has 1 aromatic carbocycles. The number of pyridine rings is 1. The van der Waals surface area contributed by atoms with E-state index in [9.17, 15) is 14.6 Å². The molecule has 0 spiro atoms. The lowest BCUT2D eigenvalue weighted by atomic mass is 9.86. The monoisotopic (exact) mass is 359 g/mol. The zero-order chi connectivity index (χ0) is 19.3. The Balaban J connectivity index is 2.77. The van der Waals surface area contributed by atoms with Gasteiger partial charge in [-0.3, -0.25) is 4.98 Å². The second kappa shape index (κ2) is 9.24. The van der Waals surface area contributed by atoms with Crippen LogP contribution in [0, 0.1) is 5.82 Å². The largest absolute Gasteiger partial charge is 0.392 e. The van der Waals surface area contributed by atoms with Crippen molar-refractivity contribution in [2.75, 3.05) is 0 Å². The molecular weight excluding hydrogens is 329 g/mol. The summed E-state index contributed by atoms with van der Waals surface area (Å²) < 4.78 is 13.4. The third-order valence-corrected chi connectivity index (χ3v) is 4.73. The number of aromatic nitrogens is 1. The highest BCUT2D eigenvalue weighted by molar-refractivity contribution is 5.73. The standard InChI is InChI=1S/C22H30FNO2/c1-5-6-7-8-18-20(16-9-11-17(23)12-10-16)19(13-25)21(14(2)3)24-22(18)15(4)26/h9-12,14-15,25-26H,5-8,13H2,1-4H3. The van der Waals surface area contributed by atoms with Crippen molar-refractivity contribution in [3.63, 3.8) is 0 Å². The fraction of sp³-hybridized carbons (Fsp3) is 0.500. The molecule has 2 aromatic rings. The maximum atomic E-state index is 13.4. The molecular formula is C22H30FNO2. The van der Waals surface area contributed by atoms with Gasteiger partial charge in [-0.15, -0.1) is 0 Å². The fourth-order valence-corrected chi connectivity index (χ4v) is 3.46. The van der Waals surface area contributed by atoms with Crippen LogP contribution >= 0.6 is 0 Å². The molecule has 142 valence electrons. The van der Waals surface area contributed by atoms with E-state index in [4.69, 9.17) is 4.98 Å². The van der Waals surface area contributed by atoms with Crippen LogP contribution in [-0.4, -0.2) is 15.2 Å². The lowest BCUT2D eigenvalue weighted by Gasteiger charge is -2.24. The molecule has 0 saturated heterocycles. The van der Waals surface area contributed by atoms with Gasteiger partial charge in [0.25, 0.3) is 0 Å². The van der Waals surface area contributed by atoms with Crippen LogP contribution in [0.5, 0.6) is 0 Å². The molecule has 0 fully saturated rings. The molecule has 4 heteroatoms. The minimum absolute atomic E-state index is 0.110. The summed E-state index contributed by atoms with van der Waals surface area (Å²) in [4.78, 5) is 4.74. The molecule has 1 aromatic heterocycles.